The van der Waals surface area contributed by atoms with Gasteiger partial charge < -0.3 is 9.84 Å². The standard InChI is InChI=1S/C7H12N4O2/c1-4(8-3)6(12)10-7-9-5(2)11-13-7/h4,8H,1-3H3,(H,9,10,11,12). The van der Waals surface area contributed by atoms with Crippen LogP contribution in [0.1, 0.15) is 12.7 Å². The molecule has 72 valence electrons. The van der Waals surface area contributed by atoms with Gasteiger partial charge in [-0.1, -0.05) is 5.16 Å². The number of anilines is 1. The van der Waals surface area contributed by atoms with Gasteiger partial charge in [0.05, 0.1) is 6.04 Å². The molecule has 13 heavy (non-hydrogen) atoms. The summed E-state index contributed by atoms with van der Waals surface area (Å²) in [6.45, 7) is 3.42. The third-order valence-corrected chi connectivity index (χ3v) is 1.58. The van der Waals surface area contributed by atoms with Crippen molar-refractivity contribution in [1.29, 1.82) is 0 Å². The molecule has 1 amide bonds. The molecule has 0 radical (unpaired) electrons. The molecule has 0 aliphatic heterocycles. The first-order chi connectivity index (χ1) is 6.13. The maximum atomic E-state index is 11.3. The molecule has 0 aliphatic carbocycles. The molecule has 1 unspecified atom stereocenters. The molecule has 0 aliphatic rings. The van der Waals surface area contributed by atoms with Crippen LogP contribution in [0.2, 0.25) is 0 Å². The number of nitrogens with zero attached hydrogens (tertiary/aromatic N) is 2. The van der Waals surface area contributed by atoms with E-state index in [4.69, 9.17) is 4.52 Å². The summed E-state index contributed by atoms with van der Waals surface area (Å²) in [7, 11) is 1.70. The van der Waals surface area contributed by atoms with Gasteiger partial charge in [-0.05, 0) is 20.9 Å². The van der Waals surface area contributed by atoms with E-state index >= 15 is 0 Å². The van der Waals surface area contributed by atoms with E-state index in [0.29, 0.717) is 5.82 Å². The zero-order valence-corrected chi connectivity index (χ0v) is 7.79. The van der Waals surface area contributed by atoms with Crippen molar-refractivity contribution in [2.75, 3.05) is 12.4 Å². The number of nitrogens with one attached hydrogen (secondary N) is 2. The highest BCUT2D eigenvalue weighted by molar-refractivity contribution is 5.92. The van der Waals surface area contributed by atoms with Gasteiger partial charge in [-0.25, -0.2) is 0 Å². The van der Waals surface area contributed by atoms with Crippen molar-refractivity contribution < 1.29 is 9.32 Å². The number of aromatic nitrogens is 2. The lowest BCUT2D eigenvalue weighted by atomic mass is 10.3. The van der Waals surface area contributed by atoms with Crippen molar-refractivity contribution in [3.05, 3.63) is 5.82 Å². The first-order valence-electron chi connectivity index (χ1n) is 3.92. The Morgan fingerprint density at radius 3 is 2.77 bits per heavy atom. The van der Waals surface area contributed by atoms with Gasteiger partial charge in [-0.3, -0.25) is 10.1 Å². The monoisotopic (exact) mass is 184 g/mol. The molecular formula is C7H12N4O2. The Balaban J connectivity index is 2.54. The zero-order valence-electron chi connectivity index (χ0n) is 7.79. The second kappa shape index (κ2) is 3.99. The number of amides is 1. The Hall–Kier alpha value is -1.43. The SMILES string of the molecule is CNC(C)C(=O)Nc1nc(C)no1. The minimum atomic E-state index is -0.285. The Morgan fingerprint density at radius 2 is 2.31 bits per heavy atom. The van der Waals surface area contributed by atoms with Gasteiger partial charge in [-0.2, -0.15) is 4.98 Å². The molecule has 1 aromatic heterocycles. The van der Waals surface area contributed by atoms with Crippen LogP contribution in [0.15, 0.2) is 4.52 Å². The average Bonchev–Trinajstić information content (AvgIpc) is 2.49. The maximum absolute atomic E-state index is 11.3. The van der Waals surface area contributed by atoms with Gasteiger partial charge >= 0.3 is 6.01 Å². The number of carbonyl (C=O) groups is 1. The largest absolute Gasteiger partial charge is 0.328 e. The van der Waals surface area contributed by atoms with E-state index in [1.54, 1.807) is 20.9 Å². The van der Waals surface area contributed by atoms with Crippen LogP contribution in [0.4, 0.5) is 6.01 Å². The lowest BCUT2D eigenvalue weighted by Crippen LogP contribution is -2.35. The van der Waals surface area contributed by atoms with E-state index in [1.165, 1.54) is 0 Å². The Bertz CT molecular complexity index is 296. The van der Waals surface area contributed by atoms with E-state index in [0.717, 1.165) is 0 Å². The Kier molecular flexibility index (Phi) is 2.97. The van der Waals surface area contributed by atoms with E-state index in [9.17, 15) is 4.79 Å². The molecule has 1 atom stereocenters. The van der Waals surface area contributed by atoms with Crippen molar-refractivity contribution in [1.82, 2.24) is 15.5 Å². The van der Waals surface area contributed by atoms with Crippen molar-refractivity contribution >= 4 is 11.9 Å². The summed E-state index contributed by atoms with van der Waals surface area (Å²) in [5.41, 5.74) is 0. The van der Waals surface area contributed by atoms with Crippen LogP contribution in [0.5, 0.6) is 0 Å². The van der Waals surface area contributed by atoms with E-state index in [1.807, 2.05) is 0 Å². The fourth-order valence-electron chi connectivity index (χ4n) is 0.693. The molecule has 1 rings (SSSR count). The lowest BCUT2D eigenvalue weighted by molar-refractivity contribution is -0.117. The smallest absolute Gasteiger partial charge is 0.315 e. The van der Waals surface area contributed by atoms with Gasteiger partial charge in [-0.15, -0.1) is 0 Å². The predicted octanol–water partition coefficient (Wildman–Crippen LogP) is -0.0756. The lowest BCUT2D eigenvalue weighted by Gasteiger charge is -2.06. The van der Waals surface area contributed by atoms with Crippen molar-refractivity contribution in [3.8, 4) is 0 Å². The molecule has 0 fully saturated rings. The van der Waals surface area contributed by atoms with Crippen LogP contribution in [0.25, 0.3) is 0 Å². The molecule has 0 saturated heterocycles. The van der Waals surface area contributed by atoms with Crippen LogP contribution in [-0.2, 0) is 4.79 Å². The molecule has 0 spiro atoms. The number of aryl methyl sites for hydroxylation is 1. The number of likely N-dealkylation sites (N-methyl/N-ethyl adjacent to an activating group) is 1. The summed E-state index contributed by atoms with van der Waals surface area (Å²) in [5, 5.41) is 8.80. The summed E-state index contributed by atoms with van der Waals surface area (Å²) < 4.78 is 4.71. The summed E-state index contributed by atoms with van der Waals surface area (Å²) in [5.74, 6) is 0.290. The highest BCUT2D eigenvalue weighted by Crippen LogP contribution is 2.02. The molecule has 6 nitrogen and oxygen atoms in total. The van der Waals surface area contributed by atoms with Crippen LogP contribution in [-0.4, -0.2) is 29.1 Å². The second-order valence-corrected chi connectivity index (χ2v) is 2.65. The molecule has 2 N–H and O–H groups in total. The second-order valence-electron chi connectivity index (χ2n) is 2.65. The fourth-order valence-corrected chi connectivity index (χ4v) is 0.693. The summed E-state index contributed by atoms with van der Waals surface area (Å²) in [4.78, 5) is 15.1. The van der Waals surface area contributed by atoms with Gasteiger partial charge in [0.25, 0.3) is 0 Å². The van der Waals surface area contributed by atoms with Gasteiger partial charge in [0.2, 0.25) is 5.91 Å². The summed E-state index contributed by atoms with van der Waals surface area (Å²) >= 11 is 0. The first-order valence-corrected chi connectivity index (χ1v) is 3.92. The van der Waals surface area contributed by atoms with E-state index in [2.05, 4.69) is 20.8 Å². The third-order valence-electron chi connectivity index (χ3n) is 1.58. The first kappa shape index (κ1) is 9.66. The zero-order chi connectivity index (χ0) is 9.84. The fraction of sp³-hybridized carbons (Fsp3) is 0.571. The van der Waals surface area contributed by atoms with Crippen molar-refractivity contribution in [3.63, 3.8) is 0 Å². The minimum Gasteiger partial charge on any atom is -0.315 e. The van der Waals surface area contributed by atoms with Gasteiger partial charge in [0.15, 0.2) is 5.82 Å². The molecule has 1 heterocycles. The maximum Gasteiger partial charge on any atom is 0.328 e. The number of carbonyl (C=O) groups excluding carboxylic acids is 1. The van der Waals surface area contributed by atoms with Gasteiger partial charge in [0, 0.05) is 0 Å². The number of rotatable bonds is 3. The summed E-state index contributed by atoms with van der Waals surface area (Å²) in [6, 6.07) is -0.156. The quantitative estimate of drug-likeness (QED) is 0.687. The molecule has 0 aromatic carbocycles. The normalized spacial score (nSPS) is 12.5. The summed E-state index contributed by atoms with van der Waals surface area (Å²) in [6.07, 6.45) is 0. The molecule has 6 heteroatoms. The molecular weight excluding hydrogens is 172 g/mol. The van der Waals surface area contributed by atoms with Crippen LogP contribution in [0, 0.1) is 6.92 Å². The number of hydrogen-bond acceptors (Lipinski definition) is 5. The van der Waals surface area contributed by atoms with Crippen molar-refractivity contribution in [2.24, 2.45) is 0 Å². The predicted molar refractivity (Wildman–Crippen MR) is 46.2 cm³/mol. The van der Waals surface area contributed by atoms with Crippen molar-refractivity contribution in [2.45, 2.75) is 19.9 Å². The van der Waals surface area contributed by atoms with E-state index in [-0.39, 0.29) is 18.0 Å². The average molecular weight is 184 g/mol. The van der Waals surface area contributed by atoms with Crippen LogP contribution >= 0.6 is 0 Å². The Labute approximate surface area is 75.7 Å². The Morgan fingerprint density at radius 1 is 1.62 bits per heavy atom. The third kappa shape index (κ3) is 2.51. The van der Waals surface area contributed by atoms with E-state index < -0.39 is 0 Å². The molecule has 0 bridgehead atoms. The molecule has 1 aromatic rings. The topological polar surface area (TPSA) is 80.0 Å². The van der Waals surface area contributed by atoms with Crippen LogP contribution < -0.4 is 10.6 Å². The molecule has 0 saturated carbocycles. The number of hydrogen-bond donors (Lipinski definition) is 2. The highest BCUT2D eigenvalue weighted by atomic mass is 16.5. The minimum absolute atomic E-state index is 0.129. The highest BCUT2D eigenvalue weighted by Gasteiger charge is 2.13. The van der Waals surface area contributed by atoms with Gasteiger partial charge in [0.1, 0.15) is 0 Å². The van der Waals surface area contributed by atoms with Crippen LogP contribution in [0.3, 0.4) is 0 Å².